The zero-order valence-corrected chi connectivity index (χ0v) is 21.2. The van der Waals surface area contributed by atoms with E-state index < -0.39 is 47.7 Å². The predicted molar refractivity (Wildman–Crippen MR) is 133 cm³/mol. The van der Waals surface area contributed by atoms with Crippen molar-refractivity contribution in [3.63, 3.8) is 0 Å². The zero-order chi connectivity index (χ0) is 26.6. The van der Waals surface area contributed by atoms with Gasteiger partial charge in [0.1, 0.15) is 23.7 Å². The van der Waals surface area contributed by atoms with E-state index in [2.05, 4.69) is 5.32 Å². The molecule has 0 spiro atoms. The van der Waals surface area contributed by atoms with Crippen LogP contribution in [0.1, 0.15) is 52.0 Å². The van der Waals surface area contributed by atoms with E-state index in [9.17, 15) is 29.4 Å². The van der Waals surface area contributed by atoms with Gasteiger partial charge in [0.25, 0.3) is 0 Å². The molecule has 0 aliphatic carbocycles. The van der Waals surface area contributed by atoms with Gasteiger partial charge in [-0.25, -0.2) is 0 Å². The number of carbonyl (C=O) groups excluding carboxylic acids is 4. The van der Waals surface area contributed by atoms with Crippen molar-refractivity contribution < 1.29 is 29.4 Å². The molecule has 2 aliphatic heterocycles. The van der Waals surface area contributed by atoms with Crippen LogP contribution in [0.4, 0.5) is 0 Å². The molecular formula is C26H38N4O6. The summed E-state index contributed by atoms with van der Waals surface area (Å²) in [5.74, 6) is -1.74. The van der Waals surface area contributed by atoms with E-state index in [-0.39, 0.29) is 18.1 Å². The summed E-state index contributed by atoms with van der Waals surface area (Å²) in [5.41, 5.74) is 5.44. The molecule has 1 aromatic carbocycles. The third-order valence-electron chi connectivity index (χ3n) is 7.35. The minimum absolute atomic E-state index is 0.226. The summed E-state index contributed by atoms with van der Waals surface area (Å²) in [6, 6.07) is 6.29. The van der Waals surface area contributed by atoms with Crippen molar-refractivity contribution in [1.82, 2.24) is 15.1 Å². The molecule has 2 fully saturated rings. The second-order valence-electron chi connectivity index (χ2n) is 10.0. The summed E-state index contributed by atoms with van der Waals surface area (Å²) in [6.07, 6.45) is 0.0407. The van der Waals surface area contributed by atoms with Crippen molar-refractivity contribution in [3.8, 4) is 0 Å². The smallest absolute Gasteiger partial charge is 0.246 e. The van der Waals surface area contributed by atoms with Crippen LogP contribution >= 0.6 is 0 Å². The lowest BCUT2D eigenvalue weighted by molar-refractivity contribution is -0.152. The van der Waals surface area contributed by atoms with Gasteiger partial charge in [0.2, 0.25) is 17.7 Å². The molecule has 0 saturated carbocycles. The molecular weight excluding hydrogens is 464 g/mol. The molecule has 1 aromatic rings. The number of amides is 3. The number of carbonyl (C=O) groups is 4. The Hall–Kier alpha value is -2.82. The first-order valence-electron chi connectivity index (χ1n) is 12.6. The lowest BCUT2D eigenvalue weighted by Crippen LogP contribution is -2.64. The van der Waals surface area contributed by atoms with Gasteiger partial charge in [-0.15, -0.1) is 0 Å². The number of nitrogens with two attached hydrogens (primary N) is 1. The Morgan fingerprint density at radius 1 is 1.08 bits per heavy atom. The molecule has 5 N–H and O–H groups in total. The van der Waals surface area contributed by atoms with Crippen molar-refractivity contribution in [2.45, 2.75) is 88.7 Å². The monoisotopic (exact) mass is 502 g/mol. The molecule has 10 heteroatoms. The number of rotatable bonds is 9. The second kappa shape index (κ2) is 11.5. The summed E-state index contributed by atoms with van der Waals surface area (Å²) in [6.45, 7) is 4.82. The average molecular weight is 503 g/mol. The Labute approximate surface area is 211 Å². The maximum absolute atomic E-state index is 14.0. The normalized spacial score (nSPS) is 25.2. The molecule has 6 atom stereocenters. The average Bonchev–Trinajstić information content (AvgIpc) is 3.49. The van der Waals surface area contributed by atoms with Gasteiger partial charge in [0.15, 0.2) is 5.78 Å². The van der Waals surface area contributed by atoms with E-state index in [0.717, 1.165) is 5.56 Å². The van der Waals surface area contributed by atoms with Crippen LogP contribution in [0.3, 0.4) is 0 Å². The summed E-state index contributed by atoms with van der Waals surface area (Å²) in [5, 5.41) is 22.6. The Bertz CT molecular complexity index is 968. The zero-order valence-electron chi connectivity index (χ0n) is 21.2. The van der Waals surface area contributed by atoms with E-state index in [1.54, 1.807) is 4.90 Å². The number of hydrogen-bond donors (Lipinski definition) is 4. The highest BCUT2D eigenvalue weighted by Gasteiger charge is 2.53. The lowest BCUT2D eigenvalue weighted by Gasteiger charge is -2.41. The Morgan fingerprint density at radius 2 is 1.75 bits per heavy atom. The van der Waals surface area contributed by atoms with Gasteiger partial charge in [-0.3, -0.25) is 19.2 Å². The quantitative estimate of drug-likeness (QED) is 0.363. The first-order chi connectivity index (χ1) is 17.0. The van der Waals surface area contributed by atoms with Crippen LogP contribution in [0.2, 0.25) is 0 Å². The standard InChI is InChI=1S/C26H38N4O6/c1-16(31)21(27)24(35)29-13-7-11-20(29)23(34)30-14-8-12-26(30,15-19-9-5-4-6-10-19)25(36)28-22(17(2)32)18(3)33/h4-6,9-10,16-17,20-22,31-32H,7-8,11-15,27H2,1-3H3,(H,28,36)/t16-,17-,20+,21+,22+,26?/m1/s1. The fourth-order valence-electron chi connectivity index (χ4n) is 5.34. The molecule has 3 amide bonds. The third-order valence-corrected chi connectivity index (χ3v) is 7.35. The van der Waals surface area contributed by atoms with E-state index in [1.165, 1.54) is 25.7 Å². The summed E-state index contributed by atoms with van der Waals surface area (Å²) < 4.78 is 0. The van der Waals surface area contributed by atoms with E-state index in [0.29, 0.717) is 38.8 Å². The predicted octanol–water partition coefficient (Wildman–Crippen LogP) is -0.256. The number of Topliss-reactive ketones (excluding diaryl/α,β-unsaturated/α-hetero) is 1. The number of nitrogens with one attached hydrogen (secondary N) is 1. The van der Waals surface area contributed by atoms with Crippen molar-refractivity contribution in [2.24, 2.45) is 5.73 Å². The van der Waals surface area contributed by atoms with E-state index >= 15 is 0 Å². The minimum atomic E-state index is -1.29. The molecule has 0 bridgehead atoms. The number of aliphatic hydroxyl groups is 2. The summed E-state index contributed by atoms with van der Waals surface area (Å²) in [4.78, 5) is 55.8. The fraction of sp³-hybridized carbons (Fsp3) is 0.615. The highest BCUT2D eigenvalue weighted by Crippen LogP contribution is 2.36. The molecule has 36 heavy (non-hydrogen) atoms. The van der Waals surface area contributed by atoms with Crippen molar-refractivity contribution in [2.75, 3.05) is 13.1 Å². The molecule has 0 aromatic heterocycles. The largest absolute Gasteiger partial charge is 0.391 e. The Balaban J connectivity index is 1.96. The topological polar surface area (TPSA) is 153 Å². The number of hydrogen-bond acceptors (Lipinski definition) is 7. The molecule has 2 heterocycles. The maximum atomic E-state index is 14.0. The number of likely N-dealkylation sites (tertiary alicyclic amines) is 2. The van der Waals surface area contributed by atoms with E-state index in [4.69, 9.17) is 5.73 Å². The van der Waals surface area contributed by atoms with Gasteiger partial charge in [-0.2, -0.15) is 0 Å². The van der Waals surface area contributed by atoms with Crippen molar-refractivity contribution in [3.05, 3.63) is 35.9 Å². The van der Waals surface area contributed by atoms with Crippen LogP contribution in [-0.4, -0.2) is 92.5 Å². The minimum Gasteiger partial charge on any atom is -0.391 e. The Morgan fingerprint density at radius 3 is 2.33 bits per heavy atom. The highest BCUT2D eigenvalue weighted by molar-refractivity contribution is 5.98. The second-order valence-corrected chi connectivity index (χ2v) is 10.0. The number of ketones is 1. The Kier molecular flexibility index (Phi) is 8.86. The number of aliphatic hydroxyl groups excluding tert-OH is 2. The van der Waals surface area contributed by atoms with E-state index in [1.807, 2.05) is 30.3 Å². The fourth-order valence-corrected chi connectivity index (χ4v) is 5.34. The van der Waals surface area contributed by atoms with Crippen molar-refractivity contribution in [1.29, 1.82) is 0 Å². The molecule has 198 valence electrons. The molecule has 10 nitrogen and oxygen atoms in total. The van der Waals surface area contributed by atoms with Crippen LogP contribution in [0.25, 0.3) is 0 Å². The number of nitrogens with zero attached hydrogens (tertiary/aromatic N) is 2. The third kappa shape index (κ3) is 5.61. The molecule has 2 saturated heterocycles. The van der Waals surface area contributed by atoms with Gasteiger partial charge in [0.05, 0.1) is 12.2 Å². The van der Waals surface area contributed by atoms with Gasteiger partial charge < -0.3 is 31.1 Å². The van der Waals surface area contributed by atoms with Crippen molar-refractivity contribution >= 4 is 23.5 Å². The number of benzene rings is 1. The SMILES string of the molecule is CC(=O)[C@@H](NC(=O)C1(Cc2ccccc2)CCCN1C(=O)[C@@H]1CCCN1C(=O)[C@@H](N)[C@@H](C)O)[C@@H](C)O. The maximum Gasteiger partial charge on any atom is 0.246 e. The van der Waals surface area contributed by atoms with Crippen LogP contribution in [0, 0.1) is 0 Å². The first-order valence-corrected chi connectivity index (χ1v) is 12.6. The van der Waals surface area contributed by atoms with Crippen LogP contribution in [0.15, 0.2) is 30.3 Å². The highest BCUT2D eigenvalue weighted by atomic mass is 16.3. The lowest BCUT2D eigenvalue weighted by atomic mass is 9.86. The van der Waals surface area contributed by atoms with Gasteiger partial charge in [-0.05, 0) is 52.0 Å². The summed E-state index contributed by atoms with van der Waals surface area (Å²) >= 11 is 0. The van der Waals surface area contributed by atoms with Gasteiger partial charge in [-0.1, -0.05) is 30.3 Å². The summed E-state index contributed by atoms with van der Waals surface area (Å²) in [7, 11) is 0. The van der Waals surface area contributed by atoms with Gasteiger partial charge in [0, 0.05) is 19.5 Å². The molecule has 1 unspecified atom stereocenters. The first kappa shape index (κ1) is 27.8. The van der Waals surface area contributed by atoms with Gasteiger partial charge >= 0.3 is 0 Å². The van der Waals surface area contributed by atoms with Crippen LogP contribution in [-0.2, 0) is 25.6 Å². The van der Waals surface area contributed by atoms with Crippen LogP contribution < -0.4 is 11.1 Å². The molecule has 0 radical (unpaired) electrons. The van der Waals surface area contributed by atoms with Crippen LogP contribution in [0.5, 0.6) is 0 Å². The molecule has 2 aliphatic rings. The molecule has 3 rings (SSSR count).